The van der Waals surface area contributed by atoms with E-state index in [1.165, 1.54) is 5.56 Å². The molecule has 4 amide bonds. The summed E-state index contributed by atoms with van der Waals surface area (Å²) in [7, 11) is 0. The lowest BCUT2D eigenvalue weighted by Gasteiger charge is -2.37. The van der Waals surface area contributed by atoms with Crippen LogP contribution in [0.25, 0.3) is 0 Å². The number of amides is 4. The van der Waals surface area contributed by atoms with E-state index in [-0.39, 0.29) is 11.8 Å². The maximum Gasteiger partial charge on any atom is 0.321 e. The summed E-state index contributed by atoms with van der Waals surface area (Å²) in [5, 5.41) is 5.11. The topological polar surface area (TPSA) is 81.8 Å². The second-order valence-corrected chi connectivity index (χ2v) is 8.25. The van der Waals surface area contributed by atoms with Gasteiger partial charge in [-0.2, -0.15) is 0 Å². The van der Waals surface area contributed by atoms with E-state index >= 15 is 0 Å². The highest BCUT2D eigenvalue weighted by Crippen LogP contribution is 2.12. The average Bonchev–Trinajstić information content (AvgIpc) is 2.65. The predicted molar refractivity (Wildman–Crippen MR) is 109 cm³/mol. The Kier molecular flexibility index (Phi) is 7.18. The monoisotopic (exact) mass is 388 g/mol. The minimum absolute atomic E-state index is 0.0176. The largest absolute Gasteiger partial charge is 0.336 e. The summed E-state index contributed by atoms with van der Waals surface area (Å²) < 4.78 is 0. The number of imide groups is 1. The Balaban J connectivity index is 1.85. The van der Waals surface area contributed by atoms with E-state index in [1.54, 1.807) is 6.92 Å². The SMILES string of the molecule is CCc1ccc(C(=O)N2CCN(C(C)C(=O)NC(=O)NC(C)(C)C)CC2)cc1. The molecular formula is C21H32N4O3. The molecule has 2 N–H and O–H groups in total. The van der Waals surface area contributed by atoms with Crippen molar-refractivity contribution in [3.63, 3.8) is 0 Å². The summed E-state index contributed by atoms with van der Waals surface area (Å²) in [5.41, 5.74) is 1.49. The van der Waals surface area contributed by atoms with Crippen LogP contribution in [0.5, 0.6) is 0 Å². The lowest BCUT2D eigenvalue weighted by atomic mass is 10.1. The molecule has 7 heteroatoms. The molecule has 28 heavy (non-hydrogen) atoms. The van der Waals surface area contributed by atoms with Gasteiger partial charge in [0.15, 0.2) is 0 Å². The highest BCUT2D eigenvalue weighted by molar-refractivity contribution is 5.97. The van der Waals surface area contributed by atoms with E-state index in [9.17, 15) is 14.4 Å². The Morgan fingerprint density at radius 2 is 1.61 bits per heavy atom. The van der Waals surface area contributed by atoms with Gasteiger partial charge in [-0.25, -0.2) is 4.79 Å². The van der Waals surface area contributed by atoms with Crippen molar-refractivity contribution in [2.75, 3.05) is 26.2 Å². The van der Waals surface area contributed by atoms with Gasteiger partial charge in [-0.3, -0.25) is 19.8 Å². The zero-order valence-corrected chi connectivity index (χ0v) is 17.5. The van der Waals surface area contributed by atoms with Crippen molar-refractivity contribution in [2.45, 2.75) is 52.6 Å². The smallest absolute Gasteiger partial charge is 0.321 e. The Morgan fingerprint density at radius 3 is 2.11 bits per heavy atom. The van der Waals surface area contributed by atoms with Gasteiger partial charge in [0.2, 0.25) is 5.91 Å². The van der Waals surface area contributed by atoms with Gasteiger partial charge < -0.3 is 10.2 Å². The van der Waals surface area contributed by atoms with Crippen LogP contribution < -0.4 is 10.6 Å². The van der Waals surface area contributed by atoms with Crippen molar-refractivity contribution in [1.82, 2.24) is 20.4 Å². The molecule has 154 valence electrons. The van der Waals surface area contributed by atoms with Crippen molar-refractivity contribution in [1.29, 1.82) is 0 Å². The molecule has 1 atom stereocenters. The van der Waals surface area contributed by atoms with Gasteiger partial charge in [-0.05, 0) is 51.8 Å². The number of piperazine rings is 1. The standard InChI is InChI=1S/C21H32N4O3/c1-6-16-7-9-17(10-8-16)19(27)25-13-11-24(12-14-25)15(2)18(26)22-20(28)23-21(3,4)5/h7-10,15H,6,11-14H2,1-5H3,(H2,22,23,26,28). The number of hydrogen-bond acceptors (Lipinski definition) is 4. The molecule has 1 aromatic carbocycles. The summed E-state index contributed by atoms with van der Waals surface area (Å²) in [6, 6.07) is 6.78. The second-order valence-electron chi connectivity index (χ2n) is 8.25. The predicted octanol–water partition coefficient (Wildman–Crippen LogP) is 2.02. The first kappa shape index (κ1) is 21.9. The van der Waals surface area contributed by atoms with Gasteiger partial charge in [0.1, 0.15) is 0 Å². The van der Waals surface area contributed by atoms with Crippen molar-refractivity contribution >= 4 is 17.8 Å². The molecule has 2 rings (SSSR count). The van der Waals surface area contributed by atoms with Gasteiger partial charge in [0.25, 0.3) is 5.91 Å². The number of carbonyl (C=O) groups is 3. The third kappa shape index (κ3) is 6.05. The van der Waals surface area contributed by atoms with Gasteiger partial charge >= 0.3 is 6.03 Å². The minimum atomic E-state index is -0.492. The van der Waals surface area contributed by atoms with Crippen LogP contribution in [0.2, 0.25) is 0 Å². The molecular weight excluding hydrogens is 356 g/mol. The molecule has 1 unspecified atom stereocenters. The number of hydrogen-bond donors (Lipinski definition) is 2. The quantitative estimate of drug-likeness (QED) is 0.827. The molecule has 0 radical (unpaired) electrons. The van der Waals surface area contributed by atoms with E-state index < -0.39 is 17.6 Å². The number of aryl methyl sites for hydroxylation is 1. The molecule has 1 aliphatic rings. The first-order valence-corrected chi connectivity index (χ1v) is 9.86. The van der Waals surface area contributed by atoms with Crippen LogP contribution in [-0.2, 0) is 11.2 Å². The average molecular weight is 389 g/mol. The molecule has 0 spiro atoms. The van der Waals surface area contributed by atoms with E-state index in [1.807, 2.05) is 54.8 Å². The fourth-order valence-electron chi connectivity index (χ4n) is 3.13. The maximum atomic E-state index is 12.7. The number of nitrogens with one attached hydrogen (secondary N) is 2. The molecule has 0 saturated carbocycles. The fraction of sp³-hybridized carbons (Fsp3) is 0.571. The number of nitrogens with zero attached hydrogens (tertiary/aromatic N) is 2. The van der Waals surface area contributed by atoms with E-state index in [0.29, 0.717) is 31.7 Å². The van der Waals surface area contributed by atoms with Crippen molar-refractivity contribution < 1.29 is 14.4 Å². The maximum absolute atomic E-state index is 12.7. The molecule has 0 aromatic heterocycles. The van der Waals surface area contributed by atoms with Crippen molar-refractivity contribution in [2.24, 2.45) is 0 Å². The molecule has 1 heterocycles. The van der Waals surface area contributed by atoms with Gasteiger partial charge in [-0.1, -0.05) is 19.1 Å². The molecule has 0 bridgehead atoms. The van der Waals surface area contributed by atoms with Crippen LogP contribution in [0.4, 0.5) is 4.79 Å². The third-order valence-corrected chi connectivity index (χ3v) is 4.86. The summed E-state index contributed by atoms with van der Waals surface area (Å²) in [4.78, 5) is 40.7. The van der Waals surface area contributed by atoms with E-state index in [2.05, 4.69) is 17.6 Å². The number of urea groups is 1. The van der Waals surface area contributed by atoms with Gasteiger partial charge in [0, 0.05) is 37.3 Å². The van der Waals surface area contributed by atoms with Crippen molar-refractivity contribution in [3.05, 3.63) is 35.4 Å². The summed E-state index contributed by atoms with van der Waals surface area (Å²) in [6.07, 6.45) is 0.945. The number of rotatable bonds is 4. The Hall–Kier alpha value is -2.41. The lowest BCUT2D eigenvalue weighted by Crippen LogP contribution is -2.57. The summed E-state index contributed by atoms with van der Waals surface area (Å²) in [6.45, 7) is 11.7. The highest BCUT2D eigenvalue weighted by Gasteiger charge is 2.29. The normalized spacial score (nSPS) is 16.4. The van der Waals surface area contributed by atoms with Gasteiger partial charge in [0.05, 0.1) is 6.04 Å². The lowest BCUT2D eigenvalue weighted by molar-refractivity contribution is -0.125. The molecule has 1 saturated heterocycles. The zero-order valence-electron chi connectivity index (χ0n) is 17.5. The van der Waals surface area contributed by atoms with Gasteiger partial charge in [-0.15, -0.1) is 0 Å². The first-order chi connectivity index (χ1) is 13.1. The zero-order chi connectivity index (χ0) is 20.9. The molecule has 1 aromatic rings. The van der Waals surface area contributed by atoms with Crippen LogP contribution in [0, 0.1) is 0 Å². The van der Waals surface area contributed by atoms with Crippen LogP contribution in [0.15, 0.2) is 24.3 Å². The molecule has 1 fully saturated rings. The van der Waals surface area contributed by atoms with Crippen LogP contribution >= 0.6 is 0 Å². The Bertz CT molecular complexity index is 701. The Labute approximate surface area is 167 Å². The molecule has 7 nitrogen and oxygen atoms in total. The highest BCUT2D eigenvalue weighted by atomic mass is 16.2. The number of carbonyl (C=O) groups excluding carboxylic acids is 3. The van der Waals surface area contributed by atoms with Crippen LogP contribution in [-0.4, -0.2) is 65.4 Å². The Morgan fingerprint density at radius 1 is 1.04 bits per heavy atom. The third-order valence-electron chi connectivity index (χ3n) is 4.86. The second kappa shape index (κ2) is 9.19. The fourth-order valence-corrected chi connectivity index (χ4v) is 3.13. The van der Waals surface area contributed by atoms with E-state index in [0.717, 1.165) is 6.42 Å². The van der Waals surface area contributed by atoms with Crippen LogP contribution in [0.3, 0.4) is 0 Å². The van der Waals surface area contributed by atoms with Crippen LogP contribution in [0.1, 0.15) is 50.5 Å². The molecule has 0 aliphatic carbocycles. The van der Waals surface area contributed by atoms with Crippen molar-refractivity contribution in [3.8, 4) is 0 Å². The number of benzene rings is 1. The summed E-state index contributed by atoms with van der Waals surface area (Å²) >= 11 is 0. The first-order valence-electron chi connectivity index (χ1n) is 9.86. The molecule has 1 aliphatic heterocycles. The minimum Gasteiger partial charge on any atom is -0.336 e. The summed E-state index contributed by atoms with van der Waals surface area (Å²) in [5.74, 6) is -0.319. The van der Waals surface area contributed by atoms with E-state index in [4.69, 9.17) is 0 Å².